The van der Waals surface area contributed by atoms with E-state index in [1.54, 1.807) is 81.8 Å². The number of fused-ring (bicyclic) bond motifs is 4. The molecule has 22 nitrogen and oxygen atoms in total. The molecule has 0 radical (unpaired) electrons. The summed E-state index contributed by atoms with van der Waals surface area (Å²) >= 11 is 7.33. The SMILES string of the molecule is COCCOC1C(O)C(CO)OC1n1cc(C)c(NC(=O)c2ccccc2)nc1=O.COCCOC1C(O)C(COC2(c3ccccc3)c3cc(C)ccc3Oc3ccc(C)cc32)OC1n1cc(C)c(NC(=O)c2ccccc2)nc1=O.Cc1ccc2c(c1)C(Cl)(c1ccccc1)c1cc(C)ccc1O2. The van der Waals surface area contributed by atoms with Crippen molar-refractivity contribution in [2.45, 2.75) is 101 Å². The van der Waals surface area contributed by atoms with Gasteiger partial charge < -0.3 is 68.6 Å². The minimum Gasteiger partial charge on any atom is -0.457 e. The lowest BCUT2D eigenvalue weighted by Crippen LogP contribution is -2.42. The molecule has 0 saturated carbocycles. The van der Waals surface area contributed by atoms with Crippen LogP contribution in [0.15, 0.2) is 216 Å². The number of rotatable bonds is 20. The highest BCUT2D eigenvalue weighted by Crippen LogP contribution is 2.56. The van der Waals surface area contributed by atoms with E-state index in [0.29, 0.717) is 33.8 Å². The number of anilines is 2. The molecule has 2 aromatic heterocycles. The normalized spacial score (nSPS) is 19.8. The maximum absolute atomic E-state index is 13.6. The van der Waals surface area contributed by atoms with Crippen molar-refractivity contribution in [2.24, 2.45) is 0 Å². The largest absolute Gasteiger partial charge is 0.457 e. The molecular formula is C82H83ClN6O16. The molecule has 5 N–H and O–H groups in total. The topological polar surface area (TPSA) is 272 Å². The van der Waals surface area contributed by atoms with Crippen molar-refractivity contribution in [2.75, 3.05) is 64.5 Å². The predicted molar refractivity (Wildman–Crippen MR) is 395 cm³/mol. The average molecular weight is 1440 g/mol. The molecule has 10 aromatic rings. The number of carbonyl (C=O) groups is 2. The van der Waals surface area contributed by atoms with E-state index in [2.05, 4.69) is 83.0 Å². The lowest BCUT2D eigenvalue weighted by Gasteiger charge is -2.41. The van der Waals surface area contributed by atoms with Crippen LogP contribution in [0.5, 0.6) is 23.0 Å². The summed E-state index contributed by atoms with van der Waals surface area (Å²) in [7, 11) is 3.06. The van der Waals surface area contributed by atoms with Crippen molar-refractivity contribution in [3.05, 3.63) is 305 Å². The summed E-state index contributed by atoms with van der Waals surface area (Å²) in [5, 5.41) is 37.0. The molecule has 4 aliphatic heterocycles. The summed E-state index contributed by atoms with van der Waals surface area (Å²) in [6.45, 7) is 11.9. The third-order valence-corrected chi connectivity index (χ3v) is 19.3. The Kier molecular flexibility index (Phi) is 23.4. The number of ether oxygens (including phenoxy) is 9. The van der Waals surface area contributed by atoms with Crippen LogP contribution in [0, 0.1) is 41.5 Å². The summed E-state index contributed by atoms with van der Waals surface area (Å²) in [5.41, 5.74) is 9.34. The van der Waals surface area contributed by atoms with Crippen molar-refractivity contribution in [3.63, 3.8) is 0 Å². The highest BCUT2D eigenvalue weighted by atomic mass is 35.5. The maximum Gasteiger partial charge on any atom is 0.351 e. The van der Waals surface area contributed by atoms with Gasteiger partial charge in [0.2, 0.25) is 0 Å². The number of alkyl halides is 1. The number of hydrogen-bond acceptors (Lipinski definition) is 18. The second-order valence-corrected chi connectivity index (χ2v) is 26.7. The smallest absolute Gasteiger partial charge is 0.351 e. The zero-order chi connectivity index (χ0) is 74.1. The van der Waals surface area contributed by atoms with Crippen LogP contribution >= 0.6 is 11.6 Å². The molecule has 105 heavy (non-hydrogen) atoms. The van der Waals surface area contributed by atoms with Crippen molar-refractivity contribution < 1.29 is 67.5 Å². The zero-order valence-electron chi connectivity index (χ0n) is 59.3. The first-order valence-electron chi connectivity index (χ1n) is 34.4. The van der Waals surface area contributed by atoms with Crippen LogP contribution in [0.1, 0.15) is 99.9 Å². The molecule has 0 aliphatic carbocycles. The van der Waals surface area contributed by atoms with Gasteiger partial charge in [0.05, 0.1) is 39.6 Å². The third-order valence-electron chi connectivity index (χ3n) is 18.7. The van der Waals surface area contributed by atoms with Crippen LogP contribution in [0.25, 0.3) is 0 Å². The number of aliphatic hydroxyl groups excluding tert-OH is 3. The molecule has 2 amide bonds. The third kappa shape index (κ3) is 15.8. The Morgan fingerprint density at radius 3 is 1.26 bits per heavy atom. The van der Waals surface area contributed by atoms with E-state index in [4.69, 9.17) is 54.2 Å². The summed E-state index contributed by atoms with van der Waals surface area (Å²) in [6, 6.07) is 61.7. The average Bonchev–Trinajstić information content (AvgIpc) is 1.49. The van der Waals surface area contributed by atoms with E-state index in [1.807, 2.05) is 105 Å². The first kappa shape index (κ1) is 74.7. The molecule has 23 heteroatoms. The van der Waals surface area contributed by atoms with Gasteiger partial charge in [-0.05, 0) is 125 Å². The quantitative estimate of drug-likeness (QED) is 0.0350. The number of hydrogen-bond donors (Lipinski definition) is 5. The van der Waals surface area contributed by atoms with Gasteiger partial charge in [-0.3, -0.25) is 18.7 Å². The van der Waals surface area contributed by atoms with Crippen LogP contribution in [0.4, 0.5) is 11.6 Å². The van der Waals surface area contributed by atoms with E-state index in [9.17, 15) is 34.5 Å². The second-order valence-electron chi connectivity index (χ2n) is 26.1. The van der Waals surface area contributed by atoms with Crippen LogP contribution in [0.3, 0.4) is 0 Å². The lowest BCUT2D eigenvalue weighted by molar-refractivity contribution is -0.101. The summed E-state index contributed by atoms with van der Waals surface area (Å²) < 4.78 is 56.1. The van der Waals surface area contributed by atoms with E-state index in [0.717, 1.165) is 56.0 Å². The number of aryl methyl sites for hydroxylation is 6. The van der Waals surface area contributed by atoms with Crippen molar-refractivity contribution in [3.8, 4) is 23.0 Å². The number of amides is 2. The van der Waals surface area contributed by atoms with E-state index >= 15 is 0 Å². The number of halogens is 1. The Balaban J connectivity index is 0.000000164. The fourth-order valence-corrected chi connectivity index (χ4v) is 13.7. The molecule has 0 spiro atoms. The van der Waals surface area contributed by atoms with Gasteiger partial charge in [0.1, 0.15) is 76.1 Å². The standard InChI is InChI=1S/C41H41N3O8.C21H17ClO.C20H25N3O7/c1-25-15-17-32-30(21-25)41(29-13-9-6-10-14-29,31-22-26(2)16-18-33(31)51-32)50-24-34-35(45)36(49-20-19-48-4)39(52-34)44-23-27(3)37(43-40(44)47)42-38(46)28-11-7-5-8-12-28;1-14-8-10-19-17(12-14)21(22,16-6-4-3-5-7-16)18-13-15(2)9-11-20(18)23-19;1-12-10-23(19-16(29-9-8-28-2)15(25)14(11-24)30-19)20(27)22-17(12)21-18(26)13-6-4-3-5-7-13/h5-18,21-23,34-36,39,45H,19-20,24H2,1-4H3,(H,42,43,46,47);3-13H,1-2H3;3-7,10,14-16,19,24-25H,8-9,11H2,1-2H3,(H,21,22,26,27). The Bertz CT molecular complexity index is 4730. The van der Waals surface area contributed by atoms with Crippen molar-refractivity contribution >= 4 is 35.1 Å². The van der Waals surface area contributed by atoms with Crippen LogP contribution in [0.2, 0.25) is 0 Å². The zero-order valence-corrected chi connectivity index (χ0v) is 60.1. The molecule has 2 fully saturated rings. The molecule has 8 atom stereocenters. The second kappa shape index (κ2) is 33.0. The highest BCUT2D eigenvalue weighted by Gasteiger charge is 2.51. The number of carbonyl (C=O) groups excluding carboxylic acids is 2. The Morgan fingerprint density at radius 1 is 0.495 bits per heavy atom. The summed E-state index contributed by atoms with van der Waals surface area (Å²) in [4.78, 5) is 58.9. The van der Waals surface area contributed by atoms with Crippen LogP contribution in [-0.4, -0.2) is 137 Å². The van der Waals surface area contributed by atoms with Gasteiger partial charge in [-0.25, -0.2) is 9.59 Å². The van der Waals surface area contributed by atoms with Crippen molar-refractivity contribution in [1.29, 1.82) is 0 Å². The van der Waals surface area contributed by atoms with Gasteiger partial charge in [-0.15, -0.1) is 11.6 Å². The predicted octanol–water partition coefficient (Wildman–Crippen LogP) is 11.9. The van der Waals surface area contributed by atoms with Crippen molar-refractivity contribution in [1.82, 2.24) is 19.1 Å². The highest BCUT2D eigenvalue weighted by molar-refractivity contribution is 6.29. The fourth-order valence-electron chi connectivity index (χ4n) is 13.3. The molecule has 0 bridgehead atoms. The first-order chi connectivity index (χ1) is 50.7. The summed E-state index contributed by atoms with van der Waals surface area (Å²) in [5.74, 6) is 2.42. The van der Waals surface area contributed by atoms with E-state index in [-0.39, 0.29) is 44.7 Å². The van der Waals surface area contributed by atoms with Gasteiger partial charge in [0.25, 0.3) is 11.8 Å². The number of aliphatic hydroxyl groups is 3. The molecule has 8 aromatic carbocycles. The molecule has 544 valence electrons. The minimum atomic E-state index is -1.20. The number of aromatic nitrogens is 4. The van der Waals surface area contributed by atoms with Gasteiger partial charge in [0, 0.05) is 71.1 Å². The van der Waals surface area contributed by atoms with E-state index < -0.39 is 89.4 Å². The molecule has 4 aliphatic rings. The number of nitrogens with one attached hydrogen (secondary N) is 2. The molecule has 8 unspecified atom stereocenters. The number of benzene rings is 8. The number of methoxy groups -OCH3 is 2. The van der Waals surface area contributed by atoms with E-state index in [1.165, 1.54) is 33.6 Å². The van der Waals surface area contributed by atoms with Gasteiger partial charge in [0.15, 0.2) is 18.1 Å². The van der Waals surface area contributed by atoms with Gasteiger partial charge in [-0.1, -0.05) is 144 Å². The van der Waals surface area contributed by atoms with Gasteiger partial charge in [-0.2, -0.15) is 9.97 Å². The van der Waals surface area contributed by atoms with Crippen LogP contribution < -0.4 is 31.5 Å². The molecule has 2 saturated heterocycles. The molecule has 14 rings (SSSR count). The Morgan fingerprint density at radius 2 is 0.857 bits per heavy atom. The molecular weight excluding hydrogens is 1360 g/mol. The monoisotopic (exact) mass is 1440 g/mol. The lowest BCUT2D eigenvalue weighted by atomic mass is 9.77. The fraction of sp³-hybridized carbons (Fsp3) is 0.293. The maximum atomic E-state index is 13.6. The Hall–Kier alpha value is -10.1. The molecule has 6 heterocycles. The van der Waals surface area contributed by atoms with Crippen LogP contribution in [-0.2, 0) is 43.6 Å². The minimum absolute atomic E-state index is 0.0795. The number of nitrogens with zero attached hydrogens (tertiary/aromatic N) is 4. The summed E-state index contributed by atoms with van der Waals surface area (Å²) in [6.07, 6.45) is -5.09. The first-order valence-corrected chi connectivity index (χ1v) is 34.8. The Labute approximate surface area is 612 Å². The van der Waals surface area contributed by atoms with Gasteiger partial charge >= 0.3 is 11.4 Å².